The molecule has 19 heteroatoms. The lowest BCUT2D eigenvalue weighted by Gasteiger charge is -2.31. The van der Waals surface area contributed by atoms with Gasteiger partial charge in [0.25, 0.3) is 10.1 Å². The van der Waals surface area contributed by atoms with Gasteiger partial charge >= 0.3 is 23.9 Å². The fourth-order valence-corrected chi connectivity index (χ4v) is 9.35. The molecule has 370 valence electrons. The van der Waals surface area contributed by atoms with Crippen molar-refractivity contribution in [3.05, 3.63) is 124 Å². The summed E-state index contributed by atoms with van der Waals surface area (Å²) in [7, 11) is -2.71. The molecule has 2 heterocycles. The number of halogens is 1. The molecule has 68 heavy (non-hydrogen) atoms. The number of esters is 3. The van der Waals surface area contributed by atoms with Crippen molar-refractivity contribution in [2.75, 3.05) is 40.1 Å². The number of benzene rings is 3. The van der Waals surface area contributed by atoms with E-state index in [-0.39, 0.29) is 54.1 Å². The summed E-state index contributed by atoms with van der Waals surface area (Å²) < 4.78 is 50.2. The van der Waals surface area contributed by atoms with E-state index in [2.05, 4.69) is 10.6 Å². The minimum Gasteiger partial charge on any atom is -0.480 e. The summed E-state index contributed by atoms with van der Waals surface area (Å²) in [6.45, 7) is 8.14. The highest BCUT2D eigenvalue weighted by atomic mass is 35.5. The lowest BCUT2D eigenvalue weighted by Crippen LogP contribution is -2.55. The average molecular weight is 984 g/mol. The molecule has 1 saturated heterocycles. The van der Waals surface area contributed by atoms with Crippen LogP contribution in [0.4, 0.5) is 0 Å². The number of carbonyl (C=O) groups is 5. The lowest BCUT2D eigenvalue weighted by molar-refractivity contribution is -0.151. The number of fused-ring (bicyclic) bond motifs is 1. The second kappa shape index (κ2) is 26.8. The molecule has 2 aliphatic heterocycles. The maximum absolute atomic E-state index is 13.2. The quantitative estimate of drug-likeness (QED) is 0.0451. The van der Waals surface area contributed by atoms with Crippen LogP contribution >= 0.6 is 11.6 Å². The van der Waals surface area contributed by atoms with Crippen LogP contribution in [0, 0.1) is 5.92 Å². The normalized spacial score (nSPS) is 19.5. The van der Waals surface area contributed by atoms with Gasteiger partial charge in [-0.15, -0.1) is 0 Å². The van der Waals surface area contributed by atoms with E-state index in [0.717, 1.165) is 24.8 Å². The number of dihydropyridines is 1. The number of hydrogen-bond donors (Lipinski definition) is 5. The van der Waals surface area contributed by atoms with Gasteiger partial charge in [-0.05, 0) is 95.0 Å². The lowest BCUT2D eigenvalue weighted by atomic mass is 9.80. The van der Waals surface area contributed by atoms with E-state index < -0.39 is 52.1 Å². The first kappa shape index (κ1) is 55.0. The Balaban J connectivity index is 0.000000247. The Morgan fingerprint density at radius 3 is 2.12 bits per heavy atom. The van der Waals surface area contributed by atoms with Crippen molar-refractivity contribution >= 4 is 51.5 Å². The molecule has 0 radical (unpaired) electrons. The molecular weight excluding hydrogens is 920 g/mol. The highest BCUT2D eigenvalue weighted by molar-refractivity contribution is 7.85. The Kier molecular flexibility index (Phi) is 21.7. The Morgan fingerprint density at radius 2 is 1.54 bits per heavy atom. The third kappa shape index (κ3) is 14.9. The first-order chi connectivity index (χ1) is 32.5. The maximum atomic E-state index is 13.2. The number of allylic oxidation sites excluding steroid dienone is 1. The van der Waals surface area contributed by atoms with Crippen molar-refractivity contribution < 1.29 is 61.0 Å². The molecule has 1 amide bonds. The molecule has 3 aromatic rings. The molecule has 3 aromatic carbocycles. The minimum atomic E-state index is -4.00. The van der Waals surface area contributed by atoms with Crippen LogP contribution < -0.4 is 16.4 Å². The van der Waals surface area contributed by atoms with Gasteiger partial charge in [0, 0.05) is 23.3 Å². The van der Waals surface area contributed by atoms with Crippen molar-refractivity contribution in [1.29, 1.82) is 0 Å². The average Bonchev–Trinajstić information content (AvgIpc) is 3.93. The largest absolute Gasteiger partial charge is 0.480 e. The van der Waals surface area contributed by atoms with Crippen LogP contribution in [0.15, 0.2) is 112 Å². The fourth-order valence-electron chi connectivity index (χ4n) is 8.60. The number of likely N-dealkylation sites (tertiary alicyclic amines) is 1. The number of ether oxygens (including phenoxy) is 4. The Labute approximate surface area is 403 Å². The van der Waals surface area contributed by atoms with Crippen LogP contribution in [0.2, 0.25) is 5.02 Å². The van der Waals surface area contributed by atoms with Crippen LogP contribution in [-0.2, 0) is 59.5 Å². The van der Waals surface area contributed by atoms with Crippen LogP contribution in [0.1, 0.15) is 76.8 Å². The van der Waals surface area contributed by atoms with Crippen molar-refractivity contribution in [2.24, 2.45) is 11.7 Å². The van der Waals surface area contributed by atoms with E-state index in [1.54, 1.807) is 75.1 Å². The smallest absolute Gasteiger partial charge is 0.336 e. The molecule has 3 aliphatic rings. The van der Waals surface area contributed by atoms with Gasteiger partial charge in [-0.1, -0.05) is 84.8 Å². The number of nitrogens with two attached hydrogens (primary N) is 1. The van der Waals surface area contributed by atoms with Crippen molar-refractivity contribution in [1.82, 2.24) is 15.5 Å². The van der Waals surface area contributed by atoms with E-state index in [4.69, 9.17) is 40.8 Å². The third-order valence-electron chi connectivity index (χ3n) is 11.6. The van der Waals surface area contributed by atoms with Gasteiger partial charge in [-0.2, -0.15) is 8.42 Å². The number of nitrogens with one attached hydrogen (secondary N) is 2. The monoisotopic (exact) mass is 982 g/mol. The number of hydrogen-bond acceptors (Lipinski definition) is 14. The topological polar surface area (TPSA) is 250 Å². The van der Waals surface area contributed by atoms with Crippen molar-refractivity contribution in [3.8, 4) is 0 Å². The van der Waals surface area contributed by atoms with Crippen LogP contribution in [0.25, 0.3) is 0 Å². The van der Waals surface area contributed by atoms with E-state index in [9.17, 15) is 37.5 Å². The minimum absolute atomic E-state index is 0.00629. The van der Waals surface area contributed by atoms with E-state index >= 15 is 0 Å². The standard InChI is InChI=1S/C23H32N2O5.C20H25ClN2O5.C6H6O3S/c1-3-30-23(29)18(13-12-16-8-5-4-6-9-16)24-15(2)21(26)25-19-11-7-10-17(19)14-20(25)22(27)28;1-4-28-20(25)18-15(11-27-10-9-22)23-12(2)16(19(24)26-3)17(18)13-7-5-6-8-14(13)21;7-10(8,9)6-4-2-1-3-5-6/h4-6,8-9,15,17-20,24H,3,7,10-14H2,1-2H3,(H,27,28);5-8,17,23H,4,9-11,22H2,1-3H3;1-5H,(H,7,8,9)/t15-,17-,18-,19-,20-;;/m0../s1. The van der Waals surface area contributed by atoms with E-state index in [1.807, 2.05) is 30.3 Å². The molecule has 6 N–H and O–H groups in total. The molecule has 1 saturated carbocycles. The fraction of sp³-hybridized carbons (Fsp3) is 0.449. The number of aryl methyl sites for hydroxylation is 1. The first-order valence-corrected chi connectivity index (χ1v) is 24.3. The molecule has 0 bridgehead atoms. The Hall–Kier alpha value is -5.63. The Morgan fingerprint density at radius 1 is 0.912 bits per heavy atom. The maximum Gasteiger partial charge on any atom is 0.336 e. The molecular formula is C49H63ClN4O13S. The number of nitrogens with zero attached hydrogens (tertiary/aromatic N) is 1. The molecule has 0 spiro atoms. The summed E-state index contributed by atoms with van der Waals surface area (Å²) in [5, 5.41) is 16.3. The SMILES string of the molecule is CCOC(=O)C1=C(COCCN)NC(C)=C(C(=O)OC)C1c1ccccc1Cl.CCOC(=O)[C@H](CCc1ccccc1)N[C@@H](C)C(=O)N1[C@H](C(=O)O)C[C@@H]2CCC[C@@H]21.O=S(=O)(O)c1ccccc1. The zero-order valence-corrected chi connectivity index (χ0v) is 40.6. The van der Waals surface area contributed by atoms with Gasteiger partial charge in [-0.25, -0.2) is 14.4 Å². The molecule has 2 fully saturated rings. The van der Waals surface area contributed by atoms with Gasteiger partial charge < -0.3 is 40.0 Å². The van der Waals surface area contributed by atoms with Crippen LogP contribution in [-0.4, -0.2) is 117 Å². The summed E-state index contributed by atoms with van der Waals surface area (Å²) in [6.07, 6.45) is 4.54. The summed E-state index contributed by atoms with van der Waals surface area (Å²) >= 11 is 6.42. The molecule has 1 aliphatic carbocycles. The number of carbonyl (C=O) groups excluding carboxylic acids is 4. The second-order valence-electron chi connectivity index (χ2n) is 16.2. The number of aliphatic carboxylic acids is 1. The first-order valence-electron chi connectivity index (χ1n) is 22.5. The number of rotatable bonds is 18. The van der Waals surface area contributed by atoms with Crippen LogP contribution in [0.3, 0.4) is 0 Å². The van der Waals surface area contributed by atoms with Crippen molar-refractivity contribution in [3.63, 3.8) is 0 Å². The number of carboxylic acid groups (broad SMARTS) is 1. The molecule has 0 aromatic heterocycles. The number of carboxylic acids is 1. The summed E-state index contributed by atoms with van der Waals surface area (Å²) in [4.78, 5) is 64.4. The Bertz CT molecular complexity index is 2370. The highest BCUT2D eigenvalue weighted by Crippen LogP contribution is 2.43. The number of amides is 1. The van der Waals surface area contributed by atoms with E-state index in [0.29, 0.717) is 60.0 Å². The summed E-state index contributed by atoms with van der Waals surface area (Å²) in [5.41, 5.74) is 8.80. The summed E-state index contributed by atoms with van der Waals surface area (Å²) in [5.74, 6) is -3.18. The molecule has 1 unspecified atom stereocenters. The summed E-state index contributed by atoms with van der Waals surface area (Å²) in [6, 6.07) is 22.2. The van der Waals surface area contributed by atoms with Gasteiger partial charge in [0.1, 0.15) is 12.1 Å². The van der Waals surface area contributed by atoms with Gasteiger partial charge in [0.05, 0.1) is 67.2 Å². The predicted molar refractivity (Wildman–Crippen MR) is 254 cm³/mol. The molecule has 6 rings (SSSR count). The third-order valence-corrected chi connectivity index (χ3v) is 12.9. The predicted octanol–water partition coefficient (Wildman–Crippen LogP) is 5.58. The number of methoxy groups -OCH3 is 1. The highest BCUT2D eigenvalue weighted by Gasteiger charge is 2.49. The van der Waals surface area contributed by atoms with Gasteiger partial charge in [-0.3, -0.25) is 19.5 Å². The molecule has 17 nitrogen and oxygen atoms in total. The molecule has 6 atom stereocenters. The second-order valence-corrected chi connectivity index (χ2v) is 18.0. The van der Waals surface area contributed by atoms with Gasteiger partial charge in [0.15, 0.2) is 0 Å². The van der Waals surface area contributed by atoms with Crippen LogP contribution in [0.5, 0.6) is 0 Å². The zero-order valence-electron chi connectivity index (χ0n) is 39.0. The zero-order chi connectivity index (χ0) is 50.0. The van der Waals surface area contributed by atoms with E-state index in [1.165, 1.54) is 19.2 Å². The van der Waals surface area contributed by atoms with Crippen molar-refractivity contribution in [2.45, 2.75) is 101 Å². The van der Waals surface area contributed by atoms with Gasteiger partial charge in [0.2, 0.25) is 5.91 Å².